The van der Waals surface area contributed by atoms with Gasteiger partial charge in [-0.15, -0.1) is 0 Å². The number of rotatable bonds is 5. The molecule has 2 N–H and O–H groups in total. The molecule has 92 valence electrons. The predicted octanol–water partition coefficient (Wildman–Crippen LogP) is 1.64. The first-order chi connectivity index (χ1) is 8.13. The van der Waals surface area contributed by atoms with Crippen LogP contribution in [0.25, 0.3) is 0 Å². The summed E-state index contributed by atoms with van der Waals surface area (Å²) >= 11 is 3.27. The molecule has 0 saturated carbocycles. The lowest BCUT2D eigenvalue weighted by Gasteiger charge is -2.01. The Balaban J connectivity index is 2.53. The maximum Gasteiger partial charge on any atom is 0.266 e. The fourth-order valence-corrected chi connectivity index (χ4v) is 1.41. The number of phenols is 1. The minimum atomic E-state index is -0.336. The summed E-state index contributed by atoms with van der Waals surface area (Å²) in [5, 5.41) is 13.2. The molecule has 6 heteroatoms. The molecule has 0 aliphatic heterocycles. The molecule has 0 unspecified atom stereocenters. The van der Waals surface area contributed by atoms with Crippen molar-refractivity contribution >= 4 is 28.1 Å². The number of halogens is 1. The van der Waals surface area contributed by atoms with Gasteiger partial charge in [0.1, 0.15) is 12.4 Å². The van der Waals surface area contributed by atoms with Gasteiger partial charge < -0.3 is 9.84 Å². The molecule has 1 aromatic rings. The average molecular weight is 301 g/mol. The van der Waals surface area contributed by atoms with Gasteiger partial charge in [0, 0.05) is 16.6 Å². The SMILES string of the molecule is CCOCC(=O)N/N=C/c1cc(Br)ccc1O. The minimum absolute atomic E-state index is 0.0295. The van der Waals surface area contributed by atoms with E-state index in [-0.39, 0.29) is 18.3 Å². The Labute approximate surface area is 108 Å². The zero-order chi connectivity index (χ0) is 12.7. The number of carbonyl (C=O) groups is 1. The van der Waals surface area contributed by atoms with Crippen molar-refractivity contribution in [3.05, 3.63) is 28.2 Å². The molecule has 17 heavy (non-hydrogen) atoms. The summed E-state index contributed by atoms with van der Waals surface area (Å²) < 4.78 is 5.72. The Morgan fingerprint density at radius 2 is 2.41 bits per heavy atom. The van der Waals surface area contributed by atoms with Crippen LogP contribution in [0.3, 0.4) is 0 Å². The van der Waals surface area contributed by atoms with E-state index >= 15 is 0 Å². The van der Waals surface area contributed by atoms with E-state index in [1.807, 2.05) is 0 Å². The van der Waals surface area contributed by atoms with Crippen LogP contribution in [0.4, 0.5) is 0 Å². The molecular weight excluding hydrogens is 288 g/mol. The number of amides is 1. The van der Waals surface area contributed by atoms with Crippen molar-refractivity contribution in [3.8, 4) is 5.75 Å². The number of hydrogen-bond donors (Lipinski definition) is 2. The lowest BCUT2D eigenvalue weighted by atomic mass is 10.2. The van der Waals surface area contributed by atoms with Crippen LogP contribution in [0.2, 0.25) is 0 Å². The highest BCUT2D eigenvalue weighted by atomic mass is 79.9. The molecule has 1 aromatic carbocycles. The third-order valence-corrected chi connectivity index (χ3v) is 2.31. The van der Waals surface area contributed by atoms with E-state index in [4.69, 9.17) is 4.74 Å². The van der Waals surface area contributed by atoms with Gasteiger partial charge in [0.05, 0.1) is 6.21 Å². The molecule has 5 nitrogen and oxygen atoms in total. The summed E-state index contributed by atoms with van der Waals surface area (Å²) in [5.74, 6) is -0.242. The van der Waals surface area contributed by atoms with E-state index in [9.17, 15) is 9.90 Å². The first-order valence-corrected chi connectivity index (χ1v) is 5.81. The zero-order valence-corrected chi connectivity index (χ0v) is 10.9. The van der Waals surface area contributed by atoms with Crippen LogP contribution >= 0.6 is 15.9 Å². The van der Waals surface area contributed by atoms with E-state index in [1.165, 1.54) is 12.3 Å². The number of nitrogens with zero attached hydrogens (tertiary/aromatic N) is 1. The van der Waals surface area contributed by atoms with Gasteiger partial charge in [0.25, 0.3) is 5.91 Å². The average Bonchev–Trinajstić information content (AvgIpc) is 2.31. The van der Waals surface area contributed by atoms with Gasteiger partial charge in [0.15, 0.2) is 0 Å². The highest BCUT2D eigenvalue weighted by Gasteiger charge is 2.00. The maximum absolute atomic E-state index is 11.1. The largest absolute Gasteiger partial charge is 0.507 e. The molecule has 0 atom stereocenters. The highest BCUT2D eigenvalue weighted by molar-refractivity contribution is 9.10. The molecule has 1 rings (SSSR count). The maximum atomic E-state index is 11.1. The van der Waals surface area contributed by atoms with Crippen LogP contribution in [0.15, 0.2) is 27.8 Å². The van der Waals surface area contributed by atoms with E-state index in [0.29, 0.717) is 12.2 Å². The monoisotopic (exact) mass is 300 g/mol. The first-order valence-electron chi connectivity index (χ1n) is 5.01. The Hall–Kier alpha value is -1.40. The number of benzene rings is 1. The van der Waals surface area contributed by atoms with Gasteiger partial charge in [0.2, 0.25) is 0 Å². The van der Waals surface area contributed by atoms with E-state index in [2.05, 4.69) is 26.5 Å². The summed E-state index contributed by atoms with van der Waals surface area (Å²) in [6.45, 7) is 2.25. The van der Waals surface area contributed by atoms with E-state index < -0.39 is 0 Å². The van der Waals surface area contributed by atoms with Crippen molar-refractivity contribution in [2.45, 2.75) is 6.92 Å². The van der Waals surface area contributed by atoms with Crippen molar-refractivity contribution in [1.82, 2.24) is 5.43 Å². The number of aromatic hydroxyl groups is 1. The van der Waals surface area contributed by atoms with Gasteiger partial charge in [-0.05, 0) is 25.1 Å². The smallest absolute Gasteiger partial charge is 0.266 e. The summed E-state index contributed by atoms with van der Waals surface area (Å²) in [6, 6.07) is 4.93. The van der Waals surface area contributed by atoms with Crippen LogP contribution in [0.1, 0.15) is 12.5 Å². The normalized spacial score (nSPS) is 10.7. The number of phenolic OH excluding ortho intramolecular Hbond substituents is 1. The molecule has 0 spiro atoms. The van der Waals surface area contributed by atoms with Gasteiger partial charge >= 0.3 is 0 Å². The Morgan fingerprint density at radius 1 is 1.65 bits per heavy atom. The summed E-state index contributed by atoms with van der Waals surface area (Å²) in [5.41, 5.74) is 2.80. The van der Waals surface area contributed by atoms with E-state index in [0.717, 1.165) is 4.47 Å². The van der Waals surface area contributed by atoms with Crippen molar-refractivity contribution in [3.63, 3.8) is 0 Å². The molecule has 0 aromatic heterocycles. The van der Waals surface area contributed by atoms with Crippen LogP contribution < -0.4 is 5.43 Å². The molecule has 0 aliphatic rings. The lowest BCUT2D eigenvalue weighted by molar-refractivity contribution is -0.125. The van der Waals surface area contributed by atoms with E-state index in [1.54, 1.807) is 19.1 Å². The highest BCUT2D eigenvalue weighted by Crippen LogP contribution is 2.19. The fourth-order valence-electron chi connectivity index (χ4n) is 1.03. The third kappa shape index (κ3) is 4.97. The number of carbonyl (C=O) groups excluding carboxylic acids is 1. The molecule has 0 fully saturated rings. The van der Waals surface area contributed by atoms with Crippen molar-refractivity contribution in [2.24, 2.45) is 5.10 Å². The summed E-state index contributed by atoms with van der Waals surface area (Å²) in [7, 11) is 0. The van der Waals surface area contributed by atoms with Crippen molar-refractivity contribution in [1.29, 1.82) is 0 Å². The standard InChI is InChI=1S/C11H13BrN2O3/c1-2-17-7-11(16)14-13-6-8-5-9(12)3-4-10(8)15/h3-6,15H,2,7H2,1H3,(H,14,16)/b13-6+. The third-order valence-electron chi connectivity index (χ3n) is 1.82. The Morgan fingerprint density at radius 3 is 3.12 bits per heavy atom. The topological polar surface area (TPSA) is 70.9 Å². The molecule has 0 heterocycles. The Bertz CT molecular complexity index is 421. The second-order valence-corrected chi connectivity index (χ2v) is 4.05. The molecule has 0 saturated heterocycles. The fraction of sp³-hybridized carbons (Fsp3) is 0.273. The van der Waals surface area contributed by atoms with Gasteiger partial charge in [-0.2, -0.15) is 5.10 Å². The zero-order valence-electron chi connectivity index (χ0n) is 9.31. The van der Waals surface area contributed by atoms with Crippen molar-refractivity contribution in [2.75, 3.05) is 13.2 Å². The molecule has 0 aliphatic carbocycles. The molecule has 0 radical (unpaired) electrons. The molecular formula is C11H13BrN2O3. The number of hydrazone groups is 1. The quantitative estimate of drug-likeness (QED) is 0.641. The lowest BCUT2D eigenvalue weighted by Crippen LogP contribution is -2.22. The summed E-state index contributed by atoms with van der Waals surface area (Å²) in [6.07, 6.45) is 1.37. The molecule has 1 amide bonds. The number of hydrogen-bond acceptors (Lipinski definition) is 4. The first kappa shape index (κ1) is 13.7. The van der Waals surface area contributed by atoms with Crippen molar-refractivity contribution < 1.29 is 14.6 Å². The van der Waals surface area contributed by atoms with Gasteiger partial charge in [-0.1, -0.05) is 15.9 Å². The second-order valence-electron chi connectivity index (χ2n) is 3.13. The van der Waals surface area contributed by atoms with Gasteiger partial charge in [-0.25, -0.2) is 5.43 Å². The second kappa shape index (κ2) is 7.03. The predicted molar refractivity (Wildman–Crippen MR) is 68.0 cm³/mol. The molecule has 0 bridgehead atoms. The number of nitrogens with one attached hydrogen (secondary N) is 1. The Kier molecular flexibility index (Phi) is 5.65. The van der Waals surface area contributed by atoms with Crippen LogP contribution in [-0.4, -0.2) is 30.4 Å². The minimum Gasteiger partial charge on any atom is -0.507 e. The number of ether oxygens (including phenoxy) is 1. The van der Waals surface area contributed by atoms with Crippen LogP contribution in [0, 0.1) is 0 Å². The van der Waals surface area contributed by atoms with Crippen LogP contribution in [-0.2, 0) is 9.53 Å². The van der Waals surface area contributed by atoms with Crippen LogP contribution in [0.5, 0.6) is 5.75 Å². The summed E-state index contributed by atoms with van der Waals surface area (Å²) in [4.78, 5) is 11.1. The van der Waals surface area contributed by atoms with Gasteiger partial charge in [-0.3, -0.25) is 4.79 Å².